The van der Waals surface area contributed by atoms with E-state index in [1.165, 1.54) is 12.8 Å². The number of carbonyl (C=O) groups is 2. The van der Waals surface area contributed by atoms with Crippen LogP contribution in [0.25, 0.3) is 0 Å². The molecule has 1 amide bonds. The van der Waals surface area contributed by atoms with Gasteiger partial charge in [-0.1, -0.05) is 20.8 Å². The van der Waals surface area contributed by atoms with Crippen LogP contribution in [0, 0.1) is 12.3 Å². The zero-order chi connectivity index (χ0) is 18.9. The van der Waals surface area contributed by atoms with E-state index in [1.807, 2.05) is 6.92 Å². The molecule has 0 bridgehead atoms. The monoisotopic (exact) mass is 360 g/mol. The zero-order valence-corrected chi connectivity index (χ0v) is 16.6. The Morgan fingerprint density at radius 2 is 1.96 bits per heavy atom. The Bertz CT molecular complexity index is 684. The lowest BCUT2D eigenvalue weighted by Gasteiger charge is -2.27. The molecule has 5 nitrogen and oxygen atoms in total. The Hall–Kier alpha value is -1.62. The summed E-state index contributed by atoms with van der Waals surface area (Å²) in [5.74, 6) is 1.57. The van der Waals surface area contributed by atoms with Gasteiger partial charge in [0, 0.05) is 31.0 Å². The third-order valence-corrected chi connectivity index (χ3v) is 5.71. The molecule has 1 atom stereocenters. The van der Waals surface area contributed by atoms with E-state index in [0.29, 0.717) is 17.7 Å². The summed E-state index contributed by atoms with van der Waals surface area (Å²) >= 11 is 0. The van der Waals surface area contributed by atoms with E-state index in [2.05, 4.69) is 31.0 Å². The molecule has 1 aliphatic carbocycles. The van der Waals surface area contributed by atoms with Gasteiger partial charge in [-0.05, 0) is 44.7 Å². The van der Waals surface area contributed by atoms with Crippen molar-refractivity contribution in [2.45, 2.75) is 72.3 Å². The van der Waals surface area contributed by atoms with Crippen LogP contribution in [0.5, 0.6) is 0 Å². The average molecular weight is 360 g/mol. The molecule has 1 N–H and O–H groups in total. The van der Waals surface area contributed by atoms with Gasteiger partial charge in [-0.3, -0.25) is 9.59 Å². The molecular formula is C21H32N2O3. The second-order valence-electron chi connectivity index (χ2n) is 8.73. The number of amides is 1. The number of nitrogens with one attached hydrogen (secondary N) is 1. The van der Waals surface area contributed by atoms with E-state index < -0.39 is 0 Å². The molecule has 1 aliphatic heterocycles. The van der Waals surface area contributed by atoms with Gasteiger partial charge in [0.15, 0.2) is 5.78 Å². The number of furan rings is 1. The highest BCUT2D eigenvalue weighted by Crippen LogP contribution is 2.38. The first-order chi connectivity index (χ1) is 12.3. The van der Waals surface area contributed by atoms with Gasteiger partial charge in [0.2, 0.25) is 5.91 Å². The second-order valence-corrected chi connectivity index (χ2v) is 8.73. The summed E-state index contributed by atoms with van der Waals surface area (Å²) in [4.78, 5) is 27.7. The lowest BCUT2D eigenvalue weighted by atomic mass is 9.75. The van der Waals surface area contributed by atoms with Crippen LogP contribution in [0.2, 0.25) is 0 Å². The van der Waals surface area contributed by atoms with Crippen LogP contribution in [0.15, 0.2) is 4.42 Å². The summed E-state index contributed by atoms with van der Waals surface area (Å²) in [6.07, 6.45) is 4.92. The molecule has 26 heavy (non-hydrogen) atoms. The van der Waals surface area contributed by atoms with Crippen molar-refractivity contribution in [3.63, 3.8) is 0 Å². The minimum Gasteiger partial charge on any atom is -0.465 e. The molecule has 5 heteroatoms. The lowest BCUT2D eigenvalue weighted by molar-refractivity contribution is -0.121. The Kier molecular flexibility index (Phi) is 5.56. The first-order valence-corrected chi connectivity index (χ1v) is 9.95. The summed E-state index contributed by atoms with van der Waals surface area (Å²) < 4.78 is 5.87. The minimum atomic E-state index is -0.0725. The number of fused-ring (bicyclic) bond motifs is 1. The predicted molar refractivity (Wildman–Crippen MR) is 101 cm³/mol. The lowest BCUT2D eigenvalue weighted by Crippen LogP contribution is -2.43. The predicted octanol–water partition coefficient (Wildman–Crippen LogP) is 3.28. The van der Waals surface area contributed by atoms with Gasteiger partial charge in [-0.15, -0.1) is 0 Å². The van der Waals surface area contributed by atoms with Crippen LogP contribution in [-0.4, -0.2) is 42.3 Å². The topological polar surface area (TPSA) is 62.6 Å². The smallest absolute Gasteiger partial charge is 0.224 e. The Morgan fingerprint density at radius 3 is 2.62 bits per heavy atom. The molecule has 1 aromatic rings. The summed E-state index contributed by atoms with van der Waals surface area (Å²) in [5, 5.41) is 3.16. The molecule has 0 aromatic carbocycles. The largest absolute Gasteiger partial charge is 0.465 e. The number of likely N-dealkylation sites (tertiary alicyclic amines) is 1. The molecule has 2 aliphatic rings. The van der Waals surface area contributed by atoms with Crippen LogP contribution in [0.3, 0.4) is 0 Å². The third kappa shape index (κ3) is 4.20. The normalized spacial score (nSPS) is 20.8. The van der Waals surface area contributed by atoms with Crippen molar-refractivity contribution in [3.8, 4) is 0 Å². The molecule has 144 valence electrons. The van der Waals surface area contributed by atoms with Crippen LogP contribution in [0.1, 0.15) is 73.9 Å². The maximum absolute atomic E-state index is 12.6. The van der Waals surface area contributed by atoms with Gasteiger partial charge in [-0.2, -0.15) is 0 Å². The second kappa shape index (κ2) is 7.55. The molecule has 1 fully saturated rings. The number of ketones is 1. The third-order valence-electron chi connectivity index (χ3n) is 5.71. The molecule has 2 heterocycles. The van der Waals surface area contributed by atoms with Gasteiger partial charge in [0.05, 0.1) is 12.0 Å². The molecule has 0 saturated carbocycles. The maximum atomic E-state index is 12.6. The van der Waals surface area contributed by atoms with E-state index in [9.17, 15) is 9.59 Å². The number of hydrogen-bond donors (Lipinski definition) is 1. The van der Waals surface area contributed by atoms with Gasteiger partial charge in [-0.25, -0.2) is 0 Å². The van der Waals surface area contributed by atoms with Crippen LogP contribution in [0.4, 0.5) is 0 Å². The molecule has 0 unspecified atom stereocenters. The maximum Gasteiger partial charge on any atom is 0.224 e. The molecule has 0 radical (unpaired) electrons. The molecule has 3 rings (SSSR count). The Labute approximate surface area is 156 Å². The minimum absolute atomic E-state index is 0.0135. The van der Waals surface area contributed by atoms with E-state index in [-0.39, 0.29) is 29.6 Å². The van der Waals surface area contributed by atoms with Gasteiger partial charge in [0.25, 0.3) is 0 Å². The van der Waals surface area contributed by atoms with Gasteiger partial charge in [0.1, 0.15) is 11.5 Å². The quantitative estimate of drug-likeness (QED) is 0.846. The van der Waals surface area contributed by atoms with Crippen molar-refractivity contribution in [2.24, 2.45) is 5.41 Å². The van der Waals surface area contributed by atoms with Crippen molar-refractivity contribution in [3.05, 3.63) is 22.6 Å². The summed E-state index contributed by atoms with van der Waals surface area (Å²) in [6, 6.07) is 0.165. The fraction of sp³-hybridized carbons (Fsp3) is 0.714. The highest BCUT2D eigenvalue weighted by Gasteiger charge is 2.36. The standard InChI is InChI=1S/C21H32N2O3/c1-5-15(13-23-8-6-7-9-23)22-19(25)10-16-14(2)26-18-12-21(3,4)11-17(24)20(16)18/h15H,5-13H2,1-4H3,(H,22,25)/t15-/m1/s1. The molecule has 1 saturated heterocycles. The first-order valence-electron chi connectivity index (χ1n) is 9.95. The van der Waals surface area contributed by atoms with Gasteiger partial charge < -0.3 is 14.6 Å². The van der Waals surface area contributed by atoms with Crippen molar-refractivity contribution in [1.82, 2.24) is 10.2 Å². The van der Waals surface area contributed by atoms with Crippen LogP contribution in [-0.2, 0) is 17.6 Å². The average Bonchev–Trinajstić information content (AvgIpc) is 3.14. The van der Waals surface area contributed by atoms with E-state index in [0.717, 1.165) is 43.8 Å². The van der Waals surface area contributed by atoms with Crippen molar-refractivity contribution < 1.29 is 14.0 Å². The number of aryl methyl sites for hydroxylation is 1. The van der Waals surface area contributed by atoms with Crippen molar-refractivity contribution in [1.29, 1.82) is 0 Å². The highest BCUT2D eigenvalue weighted by atomic mass is 16.3. The Morgan fingerprint density at radius 1 is 1.27 bits per heavy atom. The van der Waals surface area contributed by atoms with Crippen LogP contribution < -0.4 is 5.32 Å². The number of rotatable bonds is 6. The van der Waals surface area contributed by atoms with E-state index >= 15 is 0 Å². The summed E-state index contributed by atoms with van der Waals surface area (Å²) in [7, 11) is 0. The first kappa shape index (κ1) is 19.2. The highest BCUT2D eigenvalue weighted by molar-refractivity contribution is 6.01. The Balaban J connectivity index is 1.68. The van der Waals surface area contributed by atoms with Crippen molar-refractivity contribution in [2.75, 3.05) is 19.6 Å². The number of Topliss-reactive ketones (excluding diaryl/α,β-unsaturated/α-hetero) is 1. The summed E-state index contributed by atoms with van der Waals surface area (Å²) in [5.41, 5.74) is 1.38. The van der Waals surface area contributed by atoms with Crippen molar-refractivity contribution >= 4 is 11.7 Å². The molecular weight excluding hydrogens is 328 g/mol. The van der Waals surface area contributed by atoms with Gasteiger partial charge >= 0.3 is 0 Å². The fourth-order valence-electron chi connectivity index (χ4n) is 4.32. The SMILES string of the molecule is CC[C@H](CN1CCCC1)NC(=O)Cc1c(C)oc2c1C(=O)CC(C)(C)C2. The summed E-state index contributed by atoms with van der Waals surface area (Å²) in [6.45, 7) is 11.3. The fourth-order valence-corrected chi connectivity index (χ4v) is 4.32. The number of nitrogens with zero attached hydrogens (tertiary/aromatic N) is 1. The molecule has 0 spiro atoms. The van der Waals surface area contributed by atoms with E-state index in [4.69, 9.17) is 4.42 Å². The molecule has 1 aromatic heterocycles. The van der Waals surface area contributed by atoms with E-state index in [1.54, 1.807) is 0 Å². The van der Waals surface area contributed by atoms with Crippen LogP contribution >= 0.6 is 0 Å². The zero-order valence-electron chi connectivity index (χ0n) is 16.6. The number of hydrogen-bond acceptors (Lipinski definition) is 4. The number of carbonyl (C=O) groups excluding carboxylic acids is 2.